The third kappa shape index (κ3) is 6.27. The number of anilines is 1. The van der Waals surface area contributed by atoms with E-state index >= 15 is 0 Å². The van der Waals surface area contributed by atoms with Crippen LogP contribution in [0.3, 0.4) is 0 Å². The molecule has 0 bridgehead atoms. The van der Waals surface area contributed by atoms with Crippen LogP contribution in [0.2, 0.25) is 0 Å². The van der Waals surface area contributed by atoms with E-state index in [2.05, 4.69) is 23.7 Å². The van der Waals surface area contributed by atoms with E-state index in [1.54, 1.807) is 18.3 Å². The lowest BCUT2D eigenvalue weighted by Crippen LogP contribution is -2.28. The van der Waals surface area contributed by atoms with Crippen LogP contribution in [0.15, 0.2) is 41.4 Å². The first-order valence-corrected chi connectivity index (χ1v) is 11.4. The van der Waals surface area contributed by atoms with Crippen LogP contribution in [0.1, 0.15) is 61.1 Å². The summed E-state index contributed by atoms with van der Waals surface area (Å²) in [6, 6.07) is 8.13. The molecule has 0 aliphatic rings. The summed E-state index contributed by atoms with van der Waals surface area (Å²) in [5.41, 5.74) is 1.68. The number of sulfonamides is 1. The average Bonchev–Trinajstić information content (AvgIpc) is 2.68. The van der Waals surface area contributed by atoms with Gasteiger partial charge in [0.2, 0.25) is 10.0 Å². The number of carboxylic acid groups (broad SMARTS) is 1. The molecule has 1 heterocycles. The maximum Gasteiger partial charge on any atom is 0.335 e. The van der Waals surface area contributed by atoms with E-state index in [-0.39, 0.29) is 16.9 Å². The summed E-state index contributed by atoms with van der Waals surface area (Å²) >= 11 is 0. The summed E-state index contributed by atoms with van der Waals surface area (Å²) in [4.78, 5) is 17.9. The predicted octanol–water partition coefficient (Wildman–Crippen LogP) is 3.42. The van der Waals surface area contributed by atoms with E-state index < -0.39 is 16.0 Å². The van der Waals surface area contributed by atoms with Crippen LogP contribution in [-0.2, 0) is 16.4 Å². The average molecular weight is 420 g/mol. The fraction of sp³-hybridized carbons (Fsp3) is 0.429. The van der Waals surface area contributed by atoms with Gasteiger partial charge in [0, 0.05) is 42.7 Å². The molecule has 2 rings (SSSR count). The van der Waals surface area contributed by atoms with Crippen LogP contribution >= 0.6 is 0 Å². The van der Waals surface area contributed by atoms with E-state index in [0.717, 1.165) is 31.7 Å². The number of pyridine rings is 1. The molecule has 0 saturated carbocycles. The monoisotopic (exact) mass is 419 g/mol. The second-order valence-electron chi connectivity index (χ2n) is 7.01. The molecule has 0 atom stereocenters. The quantitative estimate of drug-likeness (QED) is 0.577. The third-order valence-corrected chi connectivity index (χ3v) is 5.70. The van der Waals surface area contributed by atoms with Crippen molar-refractivity contribution in [2.45, 2.75) is 50.8 Å². The first-order valence-electron chi connectivity index (χ1n) is 9.85. The molecule has 0 amide bonds. The summed E-state index contributed by atoms with van der Waals surface area (Å²) in [6.07, 6.45) is 5.65. The van der Waals surface area contributed by atoms with Crippen molar-refractivity contribution >= 4 is 21.7 Å². The number of carbonyl (C=O) groups is 1. The molecule has 0 spiro atoms. The minimum atomic E-state index is -4.12. The minimum Gasteiger partial charge on any atom is -0.478 e. The lowest BCUT2D eigenvalue weighted by Gasteiger charge is -2.28. The summed E-state index contributed by atoms with van der Waals surface area (Å²) in [5.74, 6) is -1.19. The summed E-state index contributed by atoms with van der Waals surface area (Å²) in [6.45, 7) is 5.57. The highest BCUT2D eigenvalue weighted by molar-refractivity contribution is 7.89. The van der Waals surface area contributed by atoms with Crippen molar-refractivity contribution in [1.82, 2.24) is 4.98 Å². The highest BCUT2D eigenvalue weighted by Crippen LogP contribution is 2.31. The molecule has 3 N–H and O–H groups in total. The number of nitrogens with two attached hydrogens (primary N) is 1. The van der Waals surface area contributed by atoms with Crippen molar-refractivity contribution in [2.24, 2.45) is 5.14 Å². The summed E-state index contributed by atoms with van der Waals surface area (Å²) in [7, 11) is -4.12. The number of nitrogens with zero attached hydrogens (tertiary/aromatic N) is 2. The van der Waals surface area contributed by atoms with Crippen molar-refractivity contribution < 1.29 is 18.3 Å². The molecule has 0 saturated heterocycles. The van der Waals surface area contributed by atoms with Gasteiger partial charge in [0.05, 0.1) is 10.5 Å². The largest absolute Gasteiger partial charge is 0.478 e. The number of hydrogen-bond acceptors (Lipinski definition) is 5. The number of primary sulfonamides is 1. The number of hydrogen-bond donors (Lipinski definition) is 2. The molecule has 0 aliphatic heterocycles. The Kier molecular flexibility index (Phi) is 8.16. The minimum absolute atomic E-state index is 0.0909. The van der Waals surface area contributed by atoms with Gasteiger partial charge in [-0.3, -0.25) is 4.98 Å². The maximum absolute atomic E-state index is 12.4. The van der Waals surface area contributed by atoms with Crippen molar-refractivity contribution in [3.05, 3.63) is 53.3 Å². The molecule has 158 valence electrons. The highest BCUT2D eigenvalue weighted by atomic mass is 32.2. The number of rotatable bonds is 11. The molecule has 0 radical (unpaired) electrons. The van der Waals surface area contributed by atoms with E-state index in [1.165, 1.54) is 0 Å². The Hall–Kier alpha value is -2.45. The first kappa shape index (κ1) is 22.8. The number of unbranched alkanes of at least 4 members (excludes halogenated alkanes) is 2. The SMILES string of the molecule is CCCCN(CCCC)c1cc(C(=O)O)cc(S(N)(=O)=O)c1Cc1ccccn1. The normalized spacial score (nSPS) is 11.4. The first-order chi connectivity index (χ1) is 13.8. The summed E-state index contributed by atoms with van der Waals surface area (Å²) < 4.78 is 24.7. The topological polar surface area (TPSA) is 114 Å². The van der Waals surface area contributed by atoms with Crippen LogP contribution < -0.4 is 10.0 Å². The molecule has 29 heavy (non-hydrogen) atoms. The zero-order valence-electron chi connectivity index (χ0n) is 17.0. The lowest BCUT2D eigenvalue weighted by atomic mass is 10.0. The lowest BCUT2D eigenvalue weighted by molar-refractivity contribution is 0.0696. The molecule has 7 nitrogen and oxygen atoms in total. The standard InChI is InChI=1S/C21H29N3O4S/c1-3-5-11-24(12-6-4-2)19-13-16(21(25)26)14-20(29(22,27)28)18(19)15-17-9-7-8-10-23-17/h7-10,13-14H,3-6,11-12,15H2,1-2H3,(H,25,26)(H2,22,27,28). The smallest absolute Gasteiger partial charge is 0.335 e. The van der Waals surface area contributed by atoms with Gasteiger partial charge in [0.1, 0.15) is 0 Å². The highest BCUT2D eigenvalue weighted by Gasteiger charge is 2.24. The van der Waals surface area contributed by atoms with Crippen LogP contribution in [0.25, 0.3) is 0 Å². The molecule has 1 aromatic carbocycles. The van der Waals surface area contributed by atoms with Crippen LogP contribution in [0, 0.1) is 0 Å². The van der Waals surface area contributed by atoms with E-state index in [9.17, 15) is 18.3 Å². The zero-order chi connectivity index (χ0) is 21.4. The number of aromatic carboxylic acids is 1. The Morgan fingerprint density at radius 2 is 1.79 bits per heavy atom. The Bertz CT molecular complexity index is 922. The molecule has 8 heteroatoms. The predicted molar refractivity (Wildman–Crippen MR) is 114 cm³/mol. The Balaban J connectivity index is 2.71. The van der Waals surface area contributed by atoms with Gasteiger partial charge in [-0.1, -0.05) is 32.8 Å². The van der Waals surface area contributed by atoms with Gasteiger partial charge in [-0.15, -0.1) is 0 Å². The molecule has 0 aliphatic carbocycles. The van der Waals surface area contributed by atoms with Crippen LogP contribution in [0.4, 0.5) is 5.69 Å². The number of benzene rings is 1. The molecular weight excluding hydrogens is 390 g/mol. The molecule has 1 aromatic heterocycles. The molecular formula is C21H29N3O4S. The van der Waals surface area contributed by atoms with Gasteiger partial charge >= 0.3 is 5.97 Å². The maximum atomic E-state index is 12.4. The van der Waals surface area contributed by atoms with Crippen LogP contribution in [0.5, 0.6) is 0 Å². The van der Waals surface area contributed by atoms with Gasteiger partial charge in [-0.05, 0) is 37.1 Å². The Labute approximate surface area is 172 Å². The molecule has 2 aromatic rings. The number of carboxylic acids is 1. The Morgan fingerprint density at radius 1 is 1.14 bits per heavy atom. The van der Waals surface area contributed by atoms with Crippen molar-refractivity contribution in [3.63, 3.8) is 0 Å². The van der Waals surface area contributed by atoms with Gasteiger partial charge in [-0.2, -0.15) is 0 Å². The summed E-state index contributed by atoms with van der Waals surface area (Å²) in [5, 5.41) is 15.0. The van der Waals surface area contributed by atoms with Crippen molar-refractivity contribution in [1.29, 1.82) is 0 Å². The van der Waals surface area contributed by atoms with Gasteiger partial charge in [0.15, 0.2) is 0 Å². The van der Waals surface area contributed by atoms with E-state index in [1.807, 2.05) is 12.1 Å². The van der Waals surface area contributed by atoms with Crippen molar-refractivity contribution in [2.75, 3.05) is 18.0 Å². The van der Waals surface area contributed by atoms with Gasteiger partial charge in [0.25, 0.3) is 0 Å². The van der Waals surface area contributed by atoms with Crippen LogP contribution in [-0.4, -0.2) is 37.6 Å². The third-order valence-electron chi connectivity index (χ3n) is 4.73. The van der Waals surface area contributed by atoms with E-state index in [0.29, 0.717) is 30.0 Å². The Morgan fingerprint density at radius 3 is 2.28 bits per heavy atom. The number of aromatic nitrogens is 1. The van der Waals surface area contributed by atoms with Crippen molar-refractivity contribution in [3.8, 4) is 0 Å². The van der Waals surface area contributed by atoms with Gasteiger partial charge < -0.3 is 10.0 Å². The second kappa shape index (κ2) is 10.4. The van der Waals surface area contributed by atoms with Gasteiger partial charge in [-0.25, -0.2) is 18.4 Å². The molecule has 0 unspecified atom stereocenters. The fourth-order valence-corrected chi connectivity index (χ4v) is 4.01. The zero-order valence-corrected chi connectivity index (χ0v) is 17.8. The fourth-order valence-electron chi connectivity index (χ4n) is 3.20. The second-order valence-corrected chi connectivity index (χ2v) is 8.54. The van der Waals surface area contributed by atoms with E-state index in [4.69, 9.17) is 5.14 Å². The molecule has 0 fully saturated rings.